The average molecular weight is 466 g/mol. The van der Waals surface area contributed by atoms with Gasteiger partial charge in [-0.2, -0.15) is 0 Å². The number of carbonyl (C=O) groups excluding carboxylic acids is 1. The summed E-state index contributed by atoms with van der Waals surface area (Å²) in [5, 5.41) is 22.1. The highest BCUT2D eigenvalue weighted by molar-refractivity contribution is 6.18. The van der Waals surface area contributed by atoms with Gasteiger partial charge in [0, 0.05) is 12.6 Å². The molecule has 0 fully saturated rings. The number of aromatic nitrogens is 2. The lowest BCUT2D eigenvalue weighted by atomic mass is 9.77. The summed E-state index contributed by atoms with van der Waals surface area (Å²) in [7, 11) is 0. The summed E-state index contributed by atoms with van der Waals surface area (Å²) in [5.74, 6) is -2.73. The molecule has 3 N–H and O–H groups in total. The number of hydrogen-bond donors (Lipinski definition) is 3. The Morgan fingerprint density at radius 3 is 1.80 bits per heavy atom. The van der Waals surface area contributed by atoms with Crippen LogP contribution in [0.4, 0.5) is 0 Å². The van der Waals surface area contributed by atoms with E-state index in [1.54, 1.807) is 6.33 Å². The molecule has 4 aromatic rings. The third kappa shape index (κ3) is 3.77. The van der Waals surface area contributed by atoms with Gasteiger partial charge in [0.2, 0.25) is 0 Å². The fraction of sp³-hybridized carbons (Fsp3) is 0.107. The molecule has 1 aliphatic heterocycles. The molecule has 0 saturated carbocycles. The van der Waals surface area contributed by atoms with Crippen molar-refractivity contribution in [2.24, 2.45) is 0 Å². The van der Waals surface area contributed by atoms with E-state index in [1.807, 2.05) is 65.4 Å². The number of aliphatic carboxylic acids is 1. The van der Waals surface area contributed by atoms with E-state index in [2.05, 4.69) is 46.7 Å². The Morgan fingerprint density at radius 1 is 0.886 bits per heavy atom. The molecule has 174 valence electrons. The molecule has 0 spiro atoms. The van der Waals surface area contributed by atoms with E-state index in [9.17, 15) is 19.8 Å². The van der Waals surface area contributed by atoms with Gasteiger partial charge >= 0.3 is 5.97 Å². The van der Waals surface area contributed by atoms with Crippen molar-refractivity contribution in [3.63, 3.8) is 0 Å². The quantitative estimate of drug-likeness (QED) is 0.285. The van der Waals surface area contributed by atoms with Crippen LogP contribution >= 0.6 is 0 Å². The highest BCUT2D eigenvalue weighted by atomic mass is 16.4. The molecule has 0 radical (unpaired) electrons. The third-order valence-electron chi connectivity index (χ3n) is 6.34. The maximum Gasteiger partial charge on any atom is 0.344 e. The molecular weight excluding hydrogens is 442 g/mol. The van der Waals surface area contributed by atoms with Crippen LogP contribution in [0.1, 0.15) is 22.4 Å². The largest absolute Gasteiger partial charge is 0.509 e. The lowest BCUT2D eigenvalue weighted by Gasteiger charge is -2.37. The highest BCUT2D eigenvalue weighted by Gasteiger charge is 2.39. The van der Waals surface area contributed by atoms with Gasteiger partial charge in [-0.15, -0.1) is 0 Å². The number of aliphatic hydroxyl groups excluding tert-OH is 1. The van der Waals surface area contributed by atoms with Crippen molar-refractivity contribution in [2.45, 2.75) is 18.0 Å². The topological polar surface area (TPSA) is 104 Å². The summed E-state index contributed by atoms with van der Waals surface area (Å²) in [6.07, 6.45) is 3.76. The standard InChI is InChI=1S/C28H23N3O4/c32-25-23(30-26(33)24(25)27(34)35)16-22-17-31(18-29-22)28(19-10-4-1-5-11-19,20-12-6-2-7-13-20)21-14-8-3-9-15-21/h1-15,17-18,23,32H,16H2,(H,30,33)(H,34,35). The average Bonchev–Trinajstić information content (AvgIpc) is 3.45. The Balaban J connectivity index is 1.65. The number of aliphatic hydroxyl groups is 1. The predicted octanol–water partition coefficient (Wildman–Crippen LogP) is 3.66. The van der Waals surface area contributed by atoms with E-state index in [4.69, 9.17) is 0 Å². The van der Waals surface area contributed by atoms with Crippen LogP contribution in [0.15, 0.2) is 115 Å². The van der Waals surface area contributed by atoms with E-state index < -0.39 is 34.8 Å². The molecule has 7 nitrogen and oxygen atoms in total. The maximum atomic E-state index is 12.0. The second-order valence-electron chi connectivity index (χ2n) is 8.38. The molecule has 1 atom stereocenters. The Hall–Kier alpha value is -4.65. The zero-order chi connectivity index (χ0) is 24.4. The lowest BCUT2D eigenvalue weighted by molar-refractivity contribution is -0.134. The molecule has 3 aromatic carbocycles. The van der Waals surface area contributed by atoms with E-state index in [0.29, 0.717) is 5.69 Å². The summed E-state index contributed by atoms with van der Waals surface area (Å²) in [5.41, 5.74) is 2.34. The van der Waals surface area contributed by atoms with Crippen LogP contribution in [-0.2, 0) is 21.5 Å². The van der Waals surface area contributed by atoms with Crippen LogP contribution in [0.2, 0.25) is 0 Å². The minimum Gasteiger partial charge on any atom is -0.509 e. The summed E-state index contributed by atoms with van der Waals surface area (Å²) < 4.78 is 2.03. The summed E-state index contributed by atoms with van der Waals surface area (Å²) in [4.78, 5) is 27.9. The number of nitrogens with one attached hydrogen (secondary N) is 1. The van der Waals surface area contributed by atoms with Crippen molar-refractivity contribution in [3.05, 3.63) is 137 Å². The van der Waals surface area contributed by atoms with Gasteiger partial charge in [-0.05, 0) is 16.7 Å². The number of rotatable bonds is 7. The zero-order valence-corrected chi connectivity index (χ0v) is 18.7. The van der Waals surface area contributed by atoms with Gasteiger partial charge in [0.1, 0.15) is 11.3 Å². The lowest BCUT2D eigenvalue weighted by Crippen LogP contribution is -2.37. The highest BCUT2D eigenvalue weighted by Crippen LogP contribution is 2.40. The molecule has 35 heavy (non-hydrogen) atoms. The molecule has 0 aliphatic carbocycles. The van der Waals surface area contributed by atoms with E-state index >= 15 is 0 Å². The van der Waals surface area contributed by atoms with Crippen LogP contribution in [0.25, 0.3) is 0 Å². The molecule has 1 aliphatic rings. The van der Waals surface area contributed by atoms with Crippen LogP contribution in [0.3, 0.4) is 0 Å². The van der Waals surface area contributed by atoms with Crippen LogP contribution in [0, 0.1) is 0 Å². The van der Waals surface area contributed by atoms with Gasteiger partial charge < -0.3 is 20.1 Å². The van der Waals surface area contributed by atoms with Gasteiger partial charge in [0.05, 0.1) is 18.1 Å². The maximum absolute atomic E-state index is 12.0. The van der Waals surface area contributed by atoms with Gasteiger partial charge in [-0.25, -0.2) is 9.78 Å². The Kier molecular flexibility index (Phi) is 5.66. The zero-order valence-electron chi connectivity index (χ0n) is 18.7. The number of nitrogens with zero attached hydrogens (tertiary/aromatic N) is 2. The first-order valence-corrected chi connectivity index (χ1v) is 11.2. The number of benzene rings is 3. The molecule has 2 heterocycles. The summed E-state index contributed by atoms with van der Waals surface area (Å²) in [6, 6.07) is 29.5. The first kappa shape index (κ1) is 22.2. The fourth-order valence-corrected chi connectivity index (χ4v) is 4.79. The predicted molar refractivity (Wildman–Crippen MR) is 130 cm³/mol. The van der Waals surface area contributed by atoms with Crippen molar-refractivity contribution in [1.82, 2.24) is 14.9 Å². The fourth-order valence-electron chi connectivity index (χ4n) is 4.79. The van der Waals surface area contributed by atoms with Crippen molar-refractivity contribution in [1.29, 1.82) is 0 Å². The number of carboxylic acid groups (broad SMARTS) is 1. The van der Waals surface area contributed by atoms with E-state index in [0.717, 1.165) is 16.7 Å². The molecule has 1 aromatic heterocycles. The third-order valence-corrected chi connectivity index (χ3v) is 6.34. The number of carboxylic acids is 1. The molecular formula is C28H23N3O4. The van der Waals surface area contributed by atoms with E-state index in [-0.39, 0.29) is 6.42 Å². The molecule has 5 rings (SSSR count). The molecule has 0 saturated heterocycles. The van der Waals surface area contributed by atoms with E-state index in [1.165, 1.54) is 0 Å². The second-order valence-corrected chi connectivity index (χ2v) is 8.38. The Morgan fingerprint density at radius 2 is 1.37 bits per heavy atom. The molecule has 7 heteroatoms. The normalized spacial score (nSPS) is 15.8. The Bertz CT molecular complexity index is 1300. The van der Waals surface area contributed by atoms with Crippen molar-refractivity contribution in [3.8, 4) is 0 Å². The van der Waals surface area contributed by atoms with Crippen molar-refractivity contribution < 1.29 is 19.8 Å². The molecule has 1 amide bonds. The Labute approximate surface area is 202 Å². The van der Waals surface area contributed by atoms with Gasteiger partial charge in [0.15, 0.2) is 5.57 Å². The van der Waals surface area contributed by atoms with Crippen LogP contribution < -0.4 is 5.32 Å². The van der Waals surface area contributed by atoms with Crippen LogP contribution in [-0.4, -0.2) is 37.7 Å². The number of imidazole rings is 1. The number of amides is 1. The monoisotopic (exact) mass is 465 g/mol. The number of carbonyl (C=O) groups is 2. The van der Waals surface area contributed by atoms with Gasteiger partial charge in [-0.3, -0.25) is 4.79 Å². The van der Waals surface area contributed by atoms with Crippen LogP contribution in [0.5, 0.6) is 0 Å². The number of hydrogen-bond acceptors (Lipinski definition) is 4. The minimum atomic E-state index is -1.45. The van der Waals surface area contributed by atoms with Gasteiger partial charge in [-0.1, -0.05) is 91.0 Å². The minimum absolute atomic E-state index is 0.149. The van der Waals surface area contributed by atoms with Crippen molar-refractivity contribution in [2.75, 3.05) is 0 Å². The molecule has 0 bridgehead atoms. The molecule has 1 unspecified atom stereocenters. The van der Waals surface area contributed by atoms with Crippen molar-refractivity contribution >= 4 is 11.9 Å². The SMILES string of the molecule is O=C(O)C1=C(O)C(Cc2cn(C(c3ccccc3)(c3ccccc3)c3ccccc3)cn2)NC1=O. The summed E-state index contributed by atoms with van der Waals surface area (Å²) in [6.45, 7) is 0. The van der Waals surface area contributed by atoms with Gasteiger partial charge in [0.25, 0.3) is 5.91 Å². The first-order valence-electron chi connectivity index (χ1n) is 11.2. The second kappa shape index (κ2) is 8.95. The summed E-state index contributed by atoms with van der Waals surface area (Å²) >= 11 is 0. The smallest absolute Gasteiger partial charge is 0.344 e. The first-order chi connectivity index (χ1) is 17.0.